The Labute approximate surface area is 201 Å². The predicted octanol–water partition coefficient (Wildman–Crippen LogP) is 4.03. The molecule has 188 valence electrons. The highest BCUT2D eigenvalue weighted by Crippen LogP contribution is 2.30. The quantitative estimate of drug-likeness (QED) is 0.637. The van der Waals surface area contributed by atoms with Crippen molar-refractivity contribution in [2.45, 2.75) is 43.9 Å². The molecule has 3 heterocycles. The summed E-state index contributed by atoms with van der Waals surface area (Å²) in [7, 11) is 1.70. The second-order valence-electron chi connectivity index (χ2n) is 8.67. The summed E-state index contributed by atoms with van der Waals surface area (Å²) in [6, 6.07) is 8.60. The van der Waals surface area contributed by atoms with Crippen molar-refractivity contribution in [3.05, 3.63) is 48.2 Å². The Morgan fingerprint density at radius 1 is 1.09 bits per heavy atom. The van der Waals surface area contributed by atoms with Crippen LogP contribution in [0.15, 0.2) is 42.6 Å². The van der Waals surface area contributed by atoms with E-state index >= 15 is 0 Å². The van der Waals surface area contributed by atoms with Gasteiger partial charge in [0.25, 0.3) is 0 Å². The molecule has 35 heavy (non-hydrogen) atoms. The lowest BCUT2D eigenvalue weighted by molar-refractivity contribution is -0.137. The van der Waals surface area contributed by atoms with Crippen LogP contribution in [0.5, 0.6) is 0 Å². The number of ether oxygens (including phenoxy) is 1. The van der Waals surface area contributed by atoms with Crippen LogP contribution in [0.25, 0.3) is 0 Å². The Balaban J connectivity index is 1.36. The standard InChI is InChI=1S/C24H28F3N5O3/c1-35-15-19-4-2-12-31(19)17-7-9-18(10-8-17)32-13-3-5-20(22(32)33)29-23(34)30-21-11-6-16(14-28-21)24(25,26)27/h6-11,14,19-20H,2-5,12-13,15H2,1H3,(H2,28,29,30,34)/t19-,20+/m0/s1. The number of hydrogen-bond acceptors (Lipinski definition) is 5. The molecule has 8 nitrogen and oxygen atoms in total. The summed E-state index contributed by atoms with van der Waals surface area (Å²) in [5, 5.41) is 4.99. The first-order valence-corrected chi connectivity index (χ1v) is 11.5. The maximum absolute atomic E-state index is 13.1. The number of carbonyl (C=O) groups excluding carboxylic acids is 2. The molecule has 0 spiro atoms. The smallest absolute Gasteiger partial charge is 0.383 e. The molecule has 11 heteroatoms. The van der Waals surface area contributed by atoms with Gasteiger partial charge in [-0.3, -0.25) is 10.1 Å². The first-order chi connectivity index (χ1) is 16.8. The minimum atomic E-state index is -4.51. The summed E-state index contributed by atoms with van der Waals surface area (Å²) >= 11 is 0. The first kappa shape index (κ1) is 24.8. The fraction of sp³-hybridized carbons (Fsp3) is 0.458. The topological polar surface area (TPSA) is 86.8 Å². The van der Waals surface area contributed by atoms with Gasteiger partial charge in [-0.1, -0.05) is 0 Å². The number of benzene rings is 1. The Morgan fingerprint density at radius 3 is 2.46 bits per heavy atom. The molecule has 1 aromatic carbocycles. The van der Waals surface area contributed by atoms with Crippen molar-refractivity contribution in [1.29, 1.82) is 0 Å². The number of alkyl halides is 3. The van der Waals surface area contributed by atoms with Gasteiger partial charge in [-0.15, -0.1) is 0 Å². The van der Waals surface area contributed by atoms with E-state index in [1.807, 2.05) is 24.3 Å². The van der Waals surface area contributed by atoms with E-state index in [4.69, 9.17) is 4.74 Å². The van der Waals surface area contributed by atoms with Gasteiger partial charge >= 0.3 is 12.2 Å². The van der Waals surface area contributed by atoms with Crippen molar-refractivity contribution in [2.24, 2.45) is 0 Å². The Morgan fingerprint density at radius 2 is 1.80 bits per heavy atom. The van der Waals surface area contributed by atoms with Crippen molar-refractivity contribution >= 4 is 29.1 Å². The third-order valence-electron chi connectivity index (χ3n) is 6.31. The van der Waals surface area contributed by atoms with Crippen LogP contribution in [-0.4, -0.2) is 55.8 Å². The number of nitrogens with zero attached hydrogens (tertiary/aromatic N) is 3. The van der Waals surface area contributed by atoms with Crippen molar-refractivity contribution in [3.8, 4) is 0 Å². The van der Waals surface area contributed by atoms with Gasteiger partial charge in [0.15, 0.2) is 0 Å². The molecule has 2 saturated heterocycles. The molecule has 0 saturated carbocycles. The van der Waals surface area contributed by atoms with E-state index in [-0.39, 0.29) is 11.7 Å². The molecule has 0 aliphatic carbocycles. The zero-order chi connectivity index (χ0) is 25.0. The Kier molecular flexibility index (Phi) is 7.44. The third kappa shape index (κ3) is 5.84. The lowest BCUT2D eigenvalue weighted by Crippen LogP contribution is -2.53. The van der Waals surface area contributed by atoms with E-state index in [9.17, 15) is 22.8 Å². The van der Waals surface area contributed by atoms with E-state index in [0.29, 0.717) is 38.2 Å². The highest BCUT2D eigenvalue weighted by atomic mass is 19.4. The van der Waals surface area contributed by atoms with Crippen LogP contribution in [-0.2, 0) is 15.7 Å². The molecule has 0 unspecified atom stereocenters. The number of carbonyl (C=O) groups is 2. The van der Waals surface area contributed by atoms with Crippen LogP contribution in [0, 0.1) is 0 Å². The highest BCUT2D eigenvalue weighted by Gasteiger charge is 2.32. The van der Waals surface area contributed by atoms with Crippen molar-refractivity contribution in [1.82, 2.24) is 10.3 Å². The van der Waals surface area contributed by atoms with Gasteiger partial charge in [0.2, 0.25) is 5.91 Å². The molecule has 2 aromatic rings. The fourth-order valence-electron chi connectivity index (χ4n) is 4.58. The molecule has 2 aliphatic rings. The number of methoxy groups -OCH3 is 1. The average molecular weight is 492 g/mol. The molecular formula is C24H28F3N5O3. The van der Waals surface area contributed by atoms with Gasteiger partial charge in [-0.2, -0.15) is 13.2 Å². The molecule has 0 bridgehead atoms. The zero-order valence-corrected chi connectivity index (χ0v) is 19.3. The number of piperidine rings is 1. The van der Waals surface area contributed by atoms with Crippen LogP contribution in [0.1, 0.15) is 31.2 Å². The third-order valence-corrected chi connectivity index (χ3v) is 6.31. The van der Waals surface area contributed by atoms with Gasteiger partial charge < -0.3 is 19.9 Å². The van der Waals surface area contributed by atoms with Crippen LogP contribution in [0.3, 0.4) is 0 Å². The maximum atomic E-state index is 13.1. The van der Waals surface area contributed by atoms with Crippen LogP contribution < -0.4 is 20.4 Å². The summed E-state index contributed by atoms with van der Waals surface area (Å²) in [5.74, 6) is -0.280. The summed E-state index contributed by atoms with van der Waals surface area (Å²) in [6.07, 6.45) is -0.515. The van der Waals surface area contributed by atoms with Gasteiger partial charge in [-0.05, 0) is 62.1 Å². The van der Waals surface area contributed by atoms with Crippen LogP contribution in [0.2, 0.25) is 0 Å². The summed E-state index contributed by atoms with van der Waals surface area (Å²) in [6.45, 7) is 2.17. The van der Waals surface area contributed by atoms with Crippen molar-refractivity contribution in [3.63, 3.8) is 0 Å². The number of halogens is 3. The first-order valence-electron chi connectivity index (χ1n) is 11.5. The van der Waals surface area contributed by atoms with Gasteiger partial charge in [0.05, 0.1) is 18.2 Å². The second kappa shape index (κ2) is 10.5. The highest BCUT2D eigenvalue weighted by molar-refractivity contribution is 6.01. The average Bonchev–Trinajstić information content (AvgIpc) is 3.29. The molecule has 2 fully saturated rings. The van der Waals surface area contributed by atoms with E-state index in [0.717, 1.165) is 42.9 Å². The molecule has 0 radical (unpaired) electrons. The minimum Gasteiger partial charge on any atom is -0.383 e. The second-order valence-corrected chi connectivity index (χ2v) is 8.67. The van der Waals surface area contributed by atoms with Gasteiger partial charge in [0, 0.05) is 37.8 Å². The van der Waals surface area contributed by atoms with Gasteiger partial charge in [0.1, 0.15) is 11.9 Å². The molecule has 1 aromatic heterocycles. The van der Waals surface area contributed by atoms with Crippen molar-refractivity contribution < 1.29 is 27.5 Å². The number of hydrogen-bond donors (Lipinski definition) is 2. The number of nitrogens with one attached hydrogen (secondary N) is 2. The summed E-state index contributed by atoms with van der Waals surface area (Å²) < 4.78 is 43.3. The SMILES string of the molecule is COC[C@@H]1CCCN1c1ccc(N2CCC[C@@H](NC(=O)Nc3ccc(C(F)(F)F)cn3)C2=O)cc1. The number of aromatic nitrogens is 1. The molecule has 3 amide bonds. The molecule has 2 aliphatic heterocycles. The lowest BCUT2D eigenvalue weighted by Gasteiger charge is -2.33. The Bertz CT molecular complexity index is 1030. The van der Waals surface area contributed by atoms with Crippen LogP contribution >= 0.6 is 0 Å². The maximum Gasteiger partial charge on any atom is 0.417 e. The van der Waals surface area contributed by atoms with Crippen molar-refractivity contribution in [2.75, 3.05) is 41.9 Å². The summed E-state index contributed by atoms with van der Waals surface area (Å²) in [4.78, 5) is 33.0. The number of anilines is 3. The summed E-state index contributed by atoms with van der Waals surface area (Å²) in [5.41, 5.74) is 0.917. The number of pyridine rings is 1. The van der Waals surface area contributed by atoms with Crippen LogP contribution in [0.4, 0.5) is 35.2 Å². The minimum absolute atomic E-state index is 0.0418. The monoisotopic (exact) mass is 491 g/mol. The molecular weight excluding hydrogens is 463 g/mol. The number of urea groups is 1. The largest absolute Gasteiger partial charge is 0.417 e. The van der Waals surface area contributed by atoms with E-state index in [1.165, 1.54) is 0 Å². The van der Waals surface area contributed by atoms with E-state index in [2.05, 4.69) is 20.5 Å². The number of rotatable bonds is 6. The predicted molar refractivity (Wildman–Crippen MR) is 125 cm³/mol. The zero-order valence-electron chi connectivity index (χ0n) is 19.3. The molecule has 2 N–H and O–H groups in total. The van der Waals surface area contributed by atoms with E-state index in [1.54, 1.807) is 12.0 Å². The van der Waals surface area contributed by atoms with Gasteiger partial charge in [-0.25, -0.2) is 9.78 Å². The number of amides is 3. The molecule has 2 atom stereocenters. The fourth-order valence-corrected chi connectivity index (χ4v) is 4.58. The Hall–Kier alpha value is -3.34. The molecule has 4 rings (SSSR count). The normalized spacial score (nSPS) is 20.7. The van der Waals surface area contributed by atoms with E-state index < -0.39 is 23.8 Å². The lowest BCUT2D eigenvalue weighted by atomic mass is 10.0.